The number of furan rings is 1. The lowest BCUT2D eigenvalue weighted by atomic mass is 10.3. The summed E-state index contributed by atoms with van der Waals surface area (Å²) in [5.41, 5.74) is 1.14. The molecule has 0 radical (unpaired) electrons. The topological polar surface area (TPSA) is 25.2 Å². The highest BCUT2D eigenvalue weighted by Crippen LogP contribution is 2.07. The van der Waals surface area contributed by atoms with Gasteiger partial charge in [0.1, 0.15) is 5.76 Å². The van der Waals surface area contributed by atoms with Crippen molar-refractivity contribution in [1.82, 2.24) is 5.32 Å². The monoisotopic (exact) mass is 171 g/mol. The first-order valence-corrected chi connectivity index (χ1v) is 4.14. The molecular formula is C9H14FNO. The van der Waals surface area contributed by atoms with E-state index in [1.54, 1.807) is 6.26 Å². The van der Waals surface area contributed by atoms with Crippen molar-refractivity contribution in [1.29, 1.82) is 0 Å². The van der Waals surface area contributed by atoms with Crippen LogP contribution in [0.1, 0.15) is 17.7 Å². The molecule has 1 heterocycles. The highest BCUT2D eigenvalue weighted by molar-refractivity contribution is 5.13. The van der Waals surface area contributed by atoms with Crippen molar-refractivity contribution in [2.45, 2.75) is 19.9 Å². The summed E-state index contributed by atoms with van der Waals surface area (Å²) in [5.74, 6) is 0.939. The molecule has 0 amide bonds. The van der Waals surface area contributed by atoms with Crippen LogP contribution in [-0.4, -0.2) is 13.2 Å². The number of alkyl halides is 1. The Morgan fingerprint density at radius 3 is 3.00 bits per heavy atom. The molecular weight excluding hydrogens is 157 g/mol. The second kappa shape index (κ2) is 4.93. The second-order valence-corrected chi connectivity index (χ2v) is 2.75. The van der Waals surface area contributed by atoms with Crippen molar-refractivity contribution in [2.24, 2.45) is 0 Å². The standard InChI is InChI=1S/C9H14FNO/c1-8-3-6-12-9(8)7-11-5-2-4-10/h3,6,11H,2,4-5,7H2,1H3. The van der Waals surface area contributed by atoms with Gasteiger partial charge in [-0.2, -0.15) is 0 Å². The van der Waals surface area contributed by atoms with Gasteiger partial charge in [0.25, 0.3) is 0 Å². The number of halogens is 1. The first-order chi connectivity index (χ1) is 5.84. The second-order valence-electron chi connectivity index (χ2n) is 2.75. The summed E-state index contributed by atoms with van der Waals surface area (Å²) >= 11 is 0. The lowest BCUT2D eigenvalue weighted by molar-refractivity contribution is 0.441. The Morgan fingerprint density at radius 2 is 2.42 bits per heavy atom. The Balaban J connectivity index is 2.20. The summed E-state index contributed by atoms with van der Waals surface area (Å²) in [4.78, 5) is 0. The highest BCUT2D eigenvalue weighted by atomic mass is 19.1. The van der Waals surface area contributed by atoms with E-state index in [-0.39, 0.29) is 6.67 Å². The minimum absolute atomic E-state index is 0.260. The minimum Gasteiger partial charge on any atom is -0.468 e. The fraction of sp³-hybridized carbons (Fsp3) is 0.556. The Kier molecular flexibility index (Phi) is 3.80. The zero-order valence-corrected chi connectivity index (χ0v) is 7.27. The Morgan fingerprint density at radius 1 is 1.58 bits per heavy atom. The van der Waals surface area contributed by atoms with Crippen molar-refractivity contribution < 1.29 is 8.81 Å². The molecule has 0 aromatic carbocycles. The van der Waals surface area contributed by atoms with Crippen LogP contribution in [0.4, 0.5) is 4.39 Å². The molecule has 1 aromatic heterocycles. The Labute approximate surface area is 71.8 Å². The molecule has 1 aromatic rings. The van der Waals surface area contributed by atoms with Gasteiger partial charge in [0.05, 0.1) is 19.5 Å². The molecule has 0 saturated carbocycles. The molecule has 0 spiro atoms. The minimum atomic E-state index is -0.260. The van der Waals surface area contributed by atoms with Crippen LogP contribution in [0.15, 0.2) is 16.7 Å². The quantitative estimate of drug-likeness (QED) is 0.686. The summed E-state index contributed by atoms with van der Waals surface area (Å²) in [6.45, 7) is 3.13. The van der Waals surface area contributed by atoms with E-state index in [0.717, 1.165) is 11.3 Å². The molecule has 0 aliphatic heterocycles. The lowest BCUT2D eigenvalue weighted by Gasteiger charge is -2.00. The molecule has 0 atom stereocenters. The molecule has 0 fully saturated rings. The average Bonchev–Trinajstić information content (AvgIpc) is 2.46. The number of aryl methyl sites for hydroxylation is 1. The number of nitrogens with one attached hydrogen (secondary N) is 1. The zero-order valence-electron chi connectivity index (χ0n) is 7.27. The largest absolute Gasteiger partial charge is 0.468 e. The molecule has 1 N–H and O–H groups in total. The third-order valence-corrected chi connectivity index (χ3v) is 1.74. The number of rotatable bonds is 5. The first-order valence-electron chi connectivity index (χ1n) is 4.14. The summed E-state index contributed by atoms with van der Waals surface area (Å²) in [5, 5.41) is 3.10. The maximum absolute atomic E-state index is 11.7. The number of hydrogen-bond acceptors (Lipinski definition) is 2. The predicted octanol–water partition coefficient (Wildman–Crippen LogP) is 2.04. The van der Waals surface area contributed by atoms with Crippen LogP contribution >= 0.6 is 0 Å². The van der Waals surface area contributed by atoms with Crippen molar-refractivity contribution in [3.8, 4) is 0 Å². The molecule has 0 unspecified atom stereocenters. The van der Waals surface area contributed by atoms with Crippen LogP contribution < -0.4 is 5.32 Å². The van der Waals surface area contributed by atoms with Crippen LogP contribution in [0.5, 0.6) is 0 Å². The van der Waals surface area contributed by atoms with Gasteiger partial charge in [-0.05, 0) is 31.5 Å². The Hall–Kier alpha value is -0.830. The first kappa shape index (κ1) is 9.26. The molecule has 3 heteroatoms. The van der Waals surface area contributed by atoms with E-state index in [1.165, 1.54) is 0 Å². The third-order valence-electron chi connectivity index (χ3n) is 1.74. The van der Waals surface area contributed by atoms with Crippen molar-refractivity contribution in [2.75, 3.05) is 13.2 Å². The smallest absolute Gasteiger partial charge is 0.120 e. The van der Waals surface area contributed by atoms with Gasteiger partial charge in [-0.25, -0.2) is 0 Å². The molecule has 1 rings (SSSR count). The van der Waals surface area contributed by atoms with Gasteiger partial charge in [0, 0.05) is 0 Å². The molecule has 0 saturated heterocycles. The summed E-state index contributed by atoms with van der Waals surface area (Å²) in [6, 6.07) is 1.92. The fourth-order valence-electron chi connectivity index (χ4n) is 0.979. The van der Waals surface area contributed by atoms with Crippen LogP contribution in [0.2, 0.25) is 0 Å². The average molecular weight is 171 g/mol. The summed E-state index contributed by atoms with van der Waals surface area (Å²) in [6.07, 6.45) is 2.24. The van der Waals surface area contributed by atoms with E-state index in [2.05, 4.69) is 5.32 Å². The highest BCUT2D eigenvalue weighted by Gasteiger charge is 1.99. The molecule has 2 nitrogen and oxygen atoms in total. The maximum atomic E-state index is 11.7. The van der Waals surface area contributed by atoms with Crippen molar-refractivity contribution in [3.05, 3.63) is 23.7 Å². The SMILES string of the molecule is Cc1ccoc1CNCCCF. The lowest BCUT2D eigenvalue weighted by Crippen LogP contribution is -2.15. The molecule has 0 bridgehead atoms. The van der Waals surface area contributed by atoms with Gasteiger partial charge in [-0.15, -0.1) is 0 Å². The van der Waals surface area contributed by atoms with Crippen LogP contribution in [-0.2, 0) is 6.54 Å². The Bertz CT molecular complexity index is 222. The van der Waals surface area contributed by atoms with Crippen molar-refractivity contribution >= 4 is 0 Å². The maximum Gasteiger partial charge on any atom is 0.120 e. The van der Waals surface area contributed by atoms with E-state index < -0.39 is 0 Å². The number of hydrogen-bond donors (Lipinski definition) is 1. The third kappa shape index (κ3) is 2.66. The fourth-order valence-corrected chi connectivity index (χ4v) is 0.979. The van der Waals surface area contributed by atoms with Crippen LogP contribution in [0, 0.1) is 6.92 Å². The van der Waals surface area contributed by atoms with Gasteiger partial charge < -0.3 is 9.73 Å². The molecule has 0 aliphatic rings. The summed E-state index contributed by atoms with van der Waals surface area (Å²) in [7, 11) is 0. The van der Waals surface area contributed by atoms with E-state index in [9.17, 15) is 4.39 Å². The zero-order chi connectivity index (χ0) is 8.81. The summed E-state index contributed by atoms with van der Waals surface area (Å²) < 4.78 is 16.9. The van der Waals surface area contributed by atoms with Gasteiger partial charge in [0.15, 0.2) is 0 Å². The molecule has 0 aliphatic carbocycles. The molecule has 68 valence electrons. The van der Waals surface area contributed by atoms with E-state index in [4.69, 9.17) is 4.42 Å². The normalized spacial score (nSPS) is 10.5. The van der Waals surface area contributed by atoms with Gasteiger partial charge in [-0.3, -0.25) is 4.39 Å². The van der Waals surface area contributed by atoms with Gasteiger partial charge in [0.2, 0.25) is 0 Å². The van der Waals surface area contributed by atoms with Crippen molar-refractivity contribution in [3.63, 3.8) is 0 Å². The van der Waals surface area contributed by atoms with Gasteiger partial charge >= 0.3 is 0 Å². The van der Waals surface area contributed by atoms with E-state index >= 15 is 0 Å². The van der Waals surface area contributed by atoms with Gasteiger partial charge in [-0.1, -0.05) is 0 Å². The predicted molar refractivity (Wildman–Crippen MR) is 45.7 cm³/mol. The van der Waals surface area contributed by atoms with E-state index in [1.807, 2.05) is 13.0 Å². The molecule has 12 heavy (non-hydrogen) atoms. The van der Waals surface area contributed by atoms with Crippen LogP contribution in [0.25, 0.3) is 0 Å². The van der Waals surface area contributed by atoms with E-state index in [0.29, 0.717) is 19.5 Å². The van der Waals surface area contributed by atoms with Crippen LogP contribution in [0.3, 0.4) is 0 Å².